The Bertz CT molecular complexity index is 557. The zero-order chi connectivity index (χ0) is 12.0. The van der Waals surface area contributed by atoms with E-state index < -0.39 is 0 Å². The minimum atomic E-state index is 0.653. The lowest BCUT2D eigenvalue weighted by Crippen LogP contribution is -2.33. The molecule has 1 heterocycles. The maximum Gasteiger partial charge on any atom is 0.0648 e. The number of para-hydroxylation sites is 1. The molecule has 0 saturated heterocycles. The number of halogens is 1. The quantitative estimate of drug-likeness (QED) is 0.821. The molecule has 0 spiro atoms. The van der Waals surface area contributed by atoms with Crippen LogP contribution in [0.3, 0.4) is 0 Å². The number of rotatable bonds is 1. The van der Waals surface area contributed by atoms with Gasteiger partial charge in [-0.15, -0.1) is 0 Å². The first-order valence-electron chi connectivity index (χ1n) is 6.11. The average Bonchev–Trinajstić information content (AvgIpc) is 2.68. The van der Waals surface area contributed by atoms with E-state index in [9.17, 15) is 0 Å². The highest BCUT2D eigenvalue weighted by Crippen LogP contribution is 2.33. The van der Waals surface area contributed by atoms with E-state index in [0.29, 0.717) is 6.04 Å². The Hall–Kier alpha value is -0.990. The van der Waals surface area contributed by atoms with Crippen molar-refractivity contribution in [1.29, 1.82) is 0 Å². The fourth-order valence-electron chi connectivity index (χ4n) is 2.83. The van der Waals surface area contributed by atoms with Gasteiger partial charge in [-0.25, -0.2) is 0 Å². The third kappa shape index (κ3) is 1.76. The summed E-state index contributed by atoms with van der Waals surface area (Å²) >= 11 is 6.23. The molecule has 1 aliphatic rings. The topological polar surface area (TPSA) is 19.0 Å². The van der Waals surface area contributed by atoms with E-state index in [1.165, 1.54) is 23.1 Å². The van der Waals surface area contributed by atoms with Crippen LogP contribution in [0.5, 0.6) is 0 Å². The van der Waals surface area contributed by atoms with Crippen molar-refractivity contribution in [2.24, 2.45) is 0 Å². The van der Waals surface area contributed by atoms with Crippen LogP contribution < -0.4 is 0 Å². The van der Waals surface area contributed by atoms with Gasteiger partial charge in [-0.2, -0.15) is 0 Å². The van der Waals surface area contributed by atoms with Crippen molar-refractivity contribution in [3.05, 3.63) is 34.5 Å². The van der Waals surface area contributed by atoms with Gasteiger partial charge in [-0.05, 0) is 45.0 Å². The molecule has 90 valence electrons. The predicted molar refractivity (Wildman–Crippen MR) is 72.8 cm³/mol. The van der Waals surface area contributed by atoms with Gasteiger partial charge in [0.05, 0.1) is 10.5 Å². The van der Waals surface area contributed by atoms with Gasteiger partial charge in [0.2, 0.25) is 0 Å². The fourth-order valence-corrected chi connectivity index (χ4v) is 3.05. The Morgan fingerprint density at radius 2 is 2.18 bits per heavy atom. The van der Waals surface area contributed by atoms with E-state index in [-0.39, 0.29) is 0 Å². The van der Waals surface area contributed by atoms with Crippen LogP contribution in [0, 0.1) is 0 Å². The molecule has 1 aromatic heterocycles. The summed E-state index contributed by atoms with van der Waals surface area (Å²) in [6.07, 6.45) is 3.48. The summed E-state index contributed by atoms with van der Waals surface area (Å²) < 4.78 is 0. The maximum absolute atomic E-state index is 6.23. The lowest BCUT2D eigenvalue weighted by atomic mass is 9.91. The van der Waals surface area contributed by atoms with Crippen LogP contribution in [-0.2, 0) is 12.8 Å². The molecule has 2 nitrogen and oxygen atoms in total. The third-order valence-electron chi connectivity index (χ3n) is 3.88. The molecule has 0 bridgehead atoms. The zero-order valence-corrected chi connectivity index (χ0v) is 11.0. The van der Waals surface area contributed by atoms with Gasteiger partial charge in [0.1, 0.15) is 0 Å². The highest BCUT2D eigenvalue weighted by atomic mass is 35.5. The Morgan fingerprint density at radius 1 is 1.35 bits per heavy atom. The summed E-state index contributed by atoms with van der Waals surface area (Å²) in [4.78, 5) is 5.82. The van der Waals surface area contributed by atoms with Crippen molar-refractivity contribution in [1.82, 2.24) is 9.88 Å². The first-order chi connectivity index (χ1) is 8.16. The Morgan fingerprint density at radius 3 is 2.94 bits per heavy atom. The lowest BCUT2D eigenvalue weighted by molar-refractivity contribution is 0.268. The van der Waals surface area contributed by atoms with Crippen LogP contribution in [-0.4, -0.2) is 30.0 Å². The monoisotopic (exact) mass is 248 g/mol. The Labute approximate surface area is 107 Å². The van der Waals surface area contributed by atoms with Gasteiger partial charge >= 0.3 is 0 Å². The highest BCUT2D eigenvalue weighted by Gasteiger charge is 2.23. The Balaban J connectivity index is 2.12. The van der Waals surface area contributed by atoms with Gasteiger partial charge in [0.15, 0.2) is 0 Å². The number of likely N-dealkylation sites (N-methyl/N-ethyl adjacent to an activating group) is 1. The second-order valence-corrected chi connectivity index (χ2v) is 5.51. The summed E-state index contributed by atoms with van der Waals surface area (Å²) in [7, 11) is 4.33. The van der Waals surface area contributed by atoms with Crippen molar-refractivity contribution in [2.45, 2.75) is 25.3 Å². The van der Waals surface area contributed by atoms with Gasteiger partial charge < -0.3 is 9.88 Å². The number of hydrogen-bond acceptors (Lipinski definition) is 1. The normalized spacial score (nSPS) is 19.9. The highest BCUT2D eigenvalue weighted by molar-refractivity contribution is 6.35. The van der Waals surface area contributed by atoms with Crippen LogP contribution in [0.15, 0.2) is 18.2 Å². The summed E-state index contributed by atoms with van der Waals surface area (Å²) in [5.41, 5.74) is 3.96. The third-order valence-corrected chi connectivity index (χ3v) is 4.19. The molecular formula is C14H17ClN2. The van der Waals surface area contributed by atoms with Crippen molar-refractivity contribution in [3.8, 4) is 0 Å². The number of benzene rings is 1. The molecule has 1 aliphatic carbocycles. The maximum atomic E-state index is 6.23. The van der Waals surface area contributed by atoms with E-state index >= 15 is 0 Å². The van der Waals surface area contributed by atoms with E-state index in [2.05, 4.69) is 30.0 Å². The van der Waals surface area contributed by atoms with Crippen molar-refractivity contribution < 1.29 is 0 Å². The van der Waals surface area contributed by atoms with Crippen LogP contribution in [0.25, 0.3) is 10.9 Å². The SMILES string of the molecule is CN(C)C1CCc2[nH]c3c(Cl)cccc3c2C1. The molecule has 0 aliphatic heterocycles. The molecule has 2 aromatic rings. The van der Waals surface area contributed by atoms with Gasteiger partial charge in [-0.1, -0.05) is 23.7 Å². The molecular weight excluding hydrogens is 232 g/mol. The van der Waals surface area contributed by atoms with Crippen LogP contribution in [0.2, 0.25) is 5.02 Å². The number of H-pyrrole nitrogens is 1. The smallest absolute Gasteiger partial charge is 0.0648 e. The van der Waals surface area contributed by atoms with E-state index in [0.717, 1.165) is 23.4 Å². The van der Waals surface area contributed by atoms with E-state index in [4.69, 9.17) is 11.6 Å². The van der Waals surface area contributed by atoms with E-state index in [1.54, 1.807) is 0 Å². The number of nitrogens with zero attached hydrogens (tertiary/aromatic N) is 1. The molecule has 0 radical (unpaired) electrons. The molecule has 1 aromatic carbocycles. The summed E-state index contributed by atoms with van der Waals surface area (Å²) in [5.74, 6) is 0. The molecule has 17 heavy (non-hydrogen) atoms. The minimum absolute atomic E-state index is 0.653. The average molecular weight is 249 g/mol. The number of aryl methyl sites for hydroxylation is 1. The predicted octanol–water partition coefficient (Wildman–Crippen LogP) is 3.24. The van der Waals surface area contributed by atoms with Crippen LogP contribution in [0.4, 0.5) is 0 Å². The molecule has 1 atom stereocenters. The number of aromatic amines is 1. The minimum Gasteiger partial charge on any atom is -0.357 e. The second-order valence-electron chi connectivity index (χ2n) is 5.10. The molecule has 3 heteroatoms. The standard InChI is InChI=1S/C14H17ClN2/c1-17(2)9-6-7-13-11(8-9)10-4-3-5-12(15)14(10)16-13/h3-5,9,16H,6-8H2,1-2H3. The number of hydrogen-bond donors (Lipinski definition) is 1. The molecule has 3 rings (SSSR count). The van der Waals surface area contributed by atoms with Crippen molar-refractivity contribution in [2.75, 3.05) is 14.1 Å². The van der Waals surface area contributed by atoms with Crippen LogP contribution >= 0.6 is 11.6 Å². The number of aromatic nitrogens is 1. The van der Waals surface area contributed by atoms with Crippen LogP contribution in [0.1, 0.15) is 17.7 Å². The largest absolute Gasteiger partial charge is 0.357 e. The first-order valence-corrected chi connectivity index (χ1v) is 6.49. The fraction of sp³-hybridized carbons (Fsp3) is 0.429. The molecule has 1 unspecified atom stereocenters. The Kier molecular flexibility index (Phi) is 2.64. The molecule has 0 saturated carbocycles. The molecule has 0 amide bonds. The second kappa shape index (κ2) is 4.04. The molecule has 1 N–H and O–H groups in total. The lowest BCUT2D eigenvalue weighted by Gasteiger charge is -2.28. The number of fused-ring (bicyclic) bond motifs is 3. The number of nitrogens with one attached hydrogen (secondary N) is 1. The van der Waals surface area contributed by atoms with Gasteiger partial charge in [0.25, 0.3) is 0 Å². The van der Waals surface area contributed by atoms with Gasteiger partial charge in [0, 0.05) is 17.1 Å². The zero-order valence-electron chi connectivity index (χ0n) is 10.3. The summed E-state index contributed by atoms with van der Waals surface area (Å²) in [5, 5.41) is 2.14. The molecule has 0 fully saturated rings. The summed E-state index contributed by atoms with van der Waals surface area (Å²) in [6.45, 7) is 0. The van der Waals surface area contributed by atoms with Gasteiger partial charge in [-0.3, -0.25) is 0 Å². The van der Waals surface area contributed by atoms with Crippen molar-refractivity contribution >= 4 is 22.5 Å². The van der Waals surface area contributed by atoms with E-state index in [1.807, 2.05) is 12.1 Å². The summed E-state index contributed by atoms with van der Waals surface area (Å²) in [6, 6.07) is 6.82. The first kappa shape index (κ1) is 11.1. The van der Waals surface area contributed by atoms with Crippen molar-refractivity contribution in [3.63, 3.8) is 0 Å².